The van der Waals surface area contributed by atoms with Gasteiger partial charge in [-0.3, -0.25) is 4.90 Å². The number of methoxy groups -OCH3 is 1. The average Bonchev–Trinajstić information content (AvgIpc) is 2.63. The Kier molecular flexibility index (Phi) is 4.00. The summed E-state index contributed by atoms with van der Waals surface area (Å²) in [6.45, 7) is 8.22. The number of likely N-dealkylation sites (tertiary alicyclic amines) is 1. The van der Waals surface area contributed by atoms with Crippen molar-refractivity contribution in [2.75, 3.05) is 39.9 Å². The highest BCUT2D eigenvalue weighted by atomic mass is 16.5. The molecule has 2 fully saturated rings. The van der Waals surface area contributed by atoms with E-state index in [0.717, 1.165) is 24.5 Å². The fourth-order valence-corrected chi connectivity index (χ4v) is 2.98. The number of nitrogens with zero attached hydrogens (tertiary/aromatic N) is 1. The molecular weight excluding hydrogens is 188 g/mol. The Labute approximate surface area is 93.2 Å². The van der Waals surface area contributed by atoms with Gasteiger partial charge < -0.3 is 10.1 Å². The molecule has 3 heteroatoms. The molecule has 1 N–H and O–H groups in total. The molecule has 0 aliphatic carbocycles. The molecule has 3 nitrogen and oxygen atoms in total. The molecule has 2 rings (SSSR count). The van der Waals surface area contributed by atoms with Crippen LogP contribution >= 0.6 is 0 Å². The molecule has 0 amide bonds. The minimum absolute atomic E-state index is 0.755. The second-order valence-electron chi connectivity index (χ2n) is 5.13. The smallest absolute Gasteiger partial charge is 0.0505 e. The normalized spacial score (nSPS) is 34.8. The molecule has 0 unspecified atom stereocenters. The quantitative estimate of drug-likeness (QED) is 0.754. The lowest BCUT2D eigenvalue weighted by Gasteiger charge is -2.31. The van der Waals surface area contributed by atoms with Gasteiger partial charge in [0.2, 0.25) is 0 Å². The van der Waals surface area contributed by atoms with Crippen LogP contribution in [0.2, 0.25) is 0 Å². The van der Waals surface area contributed by atoms with Gasteiger partial charge in [0, 0.05) is 26.2 Å². The maximum atomic E-state index is 5.29. The zero-order chi connectivity index (χ0) is 10.7. The molecule has 0 spiro atoms. The van der Waals surface area contributed by atoms with E-state index in [-0.39, 0.29) is 0 Å². The molecule has 0 saturated carbocycles. The van der Waals surface area contributed by atoms with E-state index in [4.69, 9.17) is 4.74 Å². The molecule has 2 aliphatic heterocycles. The lowest BCUT2D eigenvalue weighted by Crippen LogP contribution is -2.42. The van der Waals surface area contributed by atoms with Crippen LogP contribution in [0.3, 0.4) is 0 Å². The summed E-state index contributed by atoms with van der Waals surface area (Å²) in [5, 5.41) is 3.43. The standard InChI is InChI=1S/C12H24N2O/c1-10-7-14(8-11(10)9-15-2)12-3-5-13-6-4-12/h10-13H,3-9H2,1-2H3/t10-,11-/m1/s1. The monoisotopic (exact) mass is 212 g/mol. The maximum Gasteiger partial charge on any atom is 0.0505 e. The highest BCUT2D eigenvalue weighted by Crippen LogP contribution is 2.27. The van der Waals surface area contributed by atoms with Gasteiger partial charge in [0.05, 0.1) is 6.61 Å². The molecular formula is C12H24N2O. The van der Waals surface area contributed by atoms with Crippen LogP contribution in [-0.2, 0) is 4.74 Å². The number of piperidine rings is 1. The lowest BCUT2D eigenvalue weighted by atomic mass is 10.00. The van der Waals surface area contributed by atoms with Gasteiger partial charge in [0.1, 0.15) is 0 Å². The predicted octanol–water partition coefficient (Wildman–Crippen LogP) is 0.953. The van der Waals surface area contributed by atoms with Gasteiger partial charge in [-0.25, -0.2) is 0 Å². The molecule has 15 heavy (non-hydrogen) atoms. The van der Waals surface area contributed by atoms with Crippen molar-refractivity contribution in [1.29, 1.82) is 0 Å². The molecule has 0 aromatic heterocycles. The number of hydrogen-bond donors (Lipinski definition) is 1. The molecule has 88 valence electrons. The van der Waals surface area contributed by atoms with E-state index in [9.17, 15) is 0 Å². The summed E-state index contributed by atoms with van der Waals surface area (Å²) in [5.41, 5.74) is 0. The van der Waals surface area contributed by atoms with Gasteiger partial charge in [-0.2, -0.15) is 0 Å². The zero-order valence-electron chi connectivity index (χ0n) is 10.0. The summed E-state index contributed by atoms with van der Waals surface area (Å²) >= 11 is 0. The molecule has 2 aliphatic rings. The number of hydrogen-bond acceptors (Lipinski definition) is 3. The second-order valence-corrected chi connectivity index (χ2v) is 5.13. The first-order chi connectivity index (χ1) is 7.31. The van der Waals surface area contributed by atoms with Gasteiger partial charge >= 0.3 is 0 Å². The van der Waals surface area contributed by atoms with E-state index in [1.54, 1.807) is 0 Å². The van der Waals surface area contributed by atoms with Crippen molar-refractivity contribution in [2.24, 2.45) is 11.8 Å². The average molecular weight is 212 g/mol. The van der Waals surface area contributed by atoms with Crippen molar-refractivity contribution in [3.63, 3.8) is 0 Å². The van der Waals surface area contributed by atoms with Crippen molar-refractivity contribution >= 4 is 0 Å². The summed E-state index contributed by atoms with van der Waals surface area (Å²) in [6, 6.07) is 0.829. The predicted molar refractivity (Wildman–Crippen MR) is 62.0 cm³/mol. The van der Waals surface area contributed by atoms with E-state index in [1.807, 2.05) is 7.11 Å². The minimum Gasteiger partial charge on any atom is -0.384 e. The van der Waals surface area contributed by atoms with Crippen molar-refractivity contribution in [2.45, 2.75) is 25.8 Å². The largest absolute Gasteiger partial charge is 0.384 e. The first-order valence-electron chi connectivity index (χ1n) is 6.25. The van der Waals surface area contributed by atoms with E-state index in [0.29, 0.717) is 0 Å². The van der Waals surface area contributed by atoms with Gasteiger partial charge in [0.25, 0.3) is 0 Å². The molecule has 0 radical (unpaired) electrons. The molecule has 0 bridgehead atoms. The Balaban J connectivity index is 1.84. The Morgan fingerprint density at radius 2 is 2.00 bits per heavy atom. The Hall–Kier alpha value is -0.120. The van der Waals surface area contributed by atoms with E-state index < -0.39 is 0 Å². The van der Waals surface area contributed by atoms with E-state index >= 15 is 0 Å². The molecule has 0 aromatic carbocycles. The van der Waals surface area contributed by atoms with Crippen LogP contribution in [0.4, 0.5) is 0 Å². The van der Waals surface area contributed by atoms with Crippen molar-refractivity contribution < 1.29 is 4.74 Å². The Morgan fingerprint density at radius 1 is 1.27 bits per heavy atom. The summed E-state index contributed by atoms with van der Waals surface area (Å²) in [5.74, 6) is 1.56. The van der Waals surface area contributed by atoms with Crippen LogP contribution < -0.4 is 5.32 Å². The first kappa shape index (κ1) is 11.4. The topological polar surface area (TPSA) is 24.5 Å². The zero-order valence-corrected chi connectivity index (χ0v) is 10.0. The lowest BCUT2D eigenvalue weighted by molar-refractivity contribution is 0.133. The van der Waals surface area contributed by atoms with Gasteiger partial charge in [-0.1, -0.05) is 6.92 Å². The van der Waals surface area contributed by atoms with Crippen LogP contribution in [-0.4, -0.2) is 50.8 Å². The Bertz CT molecular complexity index is 192. The summed E-state index contributed by atoms with van der Waals surface area (Å²) in [4.78, 5) is 2.69. The third-order valence-corrected chi connectivity index (χ3v) is 4.00. The maximum absolute atomic E-state index is 5.29. The third-order valence-electron chi connectivity index (χ3n) is 4.00. The Morgan fingerprint density at radius 3 is 2.67 bits per heavy atom. The van der Waals surface area contributed by atoms with E-state index in [2.05, 4.69) is 17.1 Å². The van der Waals surface area contributed by atoms with Crippen LogP contribution in [0.15, 0.2) is 0 Å². The van der Waals surface area contributed by atoms with Gasteiger partial charge in [-0.05, 0) is 37.8 Å². The van der Waals surface area contributed by atoms with E-state index in [1.165, 1.54) is 39.0 Å². The fourth-order valence-electron chi connectivity index (χ4n) is 2.98. The van der Waals surface area contributed by atoms with Gasteiger partial charge in [0.15, 0.2) is 0 Å². The van der Waals surface area contributed by atoms with Crippen LogP contribution in [0.1, 0.15) is 19.8 Å². The molecule has 0 aromatic rings. The SMILES string of the molecule is COC[C@H]1CN(C2CCNCC2)C[C@H]1C. The highest BCUT2D eigenvalue weighted by molar-refractivity contribution is 4.87. The van der Waals surface area contributed by atoms with Crippen molar-refractivity contribution in [3.05, 3.63) is 0 Å². The molecule has 2 atom stereocenters. The van der Waals surface area contributed by atoms with Crippen molar-refractivity contribution in [1.82, 2.24) is 10.2 Å². The van der Waals surface area contributed by atoms with Crippen LogP contribution in [0.5, 0.6) is 0 Å². The number of ether oxygens (including phenoxy) is 1. The van der Waals surface area contributed by atoms with Gasteiger partial charge in [-0.15, -0.1) is 0 Å². The summed E-state index contributed by atoms with van der Waals surface area (Å²) in [6.07, 6.45) is 2.65. The minimum atomic E-state index is 0.755. The summed E-state index contributed by atoms with van der Waals surface area (Å²) < 4.78 is 5.29. The molecule has 2 saturated heterocycles. The molecule has 2 heterocycles. The number of nitrogens with one attached hydrogen (secondary N) is 1. The highest BCUT2D eigenvalue weighted by Gasteiger charge is 2.33. The summed E-state index contributed by atoms with van der Waals surface area (Å²) in [7, 11) is 1.82. The van der Waals surface area contributed by atoms with Crippen molar-refractivity contribution in [3.8, 4) is 0 Å². The first-order valence-corrected chi connectivity index (χ1v) is 6.25. The fraction of sp³-hybridized carbons (Fsp3) is 1.00. The third kappa shape index (κ3) is 2.71. The van der Waals surface area contributed by atoms with Crippen LogP contribution in [0, 0.1) is 11.8 Å². The second kappa shape index (κ2) is 5.28. The van der Waals surface area contributed by atoms with Crippen LogP contribution in [0.25, 0.3) is 0 Å². The number of rotatable bonds is 3.